The van der Waals surface area contributed by atoms with Gasteiger partial charge < -0.3 is 48.6 Å². The van der Waals surface area contributed by atoms with Gasteiger partial charge in [0.25, 0.3) is 0 Å². The minimum Gasteiger partial charge on any atom is -0.493 e. The summed E-state index contributed by atoms with van der Waals surface area (Å²) in [7, 11) is 2.78. The molecule has 4 aliphatic rings. The van der Waals surface area contributed by atoms with Crippen molar-refractivity contribution in [2.75, 3.05) is 39.7 Å². The zero-order valence-corrected chi connectivity index (χ0v) is 39.9. The van der Waals surface area contributed by atoms with Gasteiger partial charge in [0.2, 0.25) is 0 Å². The Morgan fingerprint density at radius 1 is 1.13 bits per heavy atom. The number of fused-ring (bicyclic) bond motifs is 4. The average Bonchev–Trinajstić information content (AvgIpc) is 3.70. The lowest BCUT2D eigenvalue weighted by atomic mass is 9.83. The number of ketones is 2. The van der Waals surface area contributed by atoms with E-state index in [-0.39, 0.29) is 83.6 Å². The van der Waals surface area contributed by atoms with Crippen LogP contribution in [0.1, 0.15) is 57.4 Å². The molecule has 69 heavy (non-hydrogen) atoms. The van der Waals surface area contributed by atoms with Gasteiger partial charge in [-0.05, 0) is 60.9 Å². The number of aliphatic hydroxyl groups excluding tert-OH is 1. The molecule has 2 aliphatic heterocycles. The Morgan fingerprint density at radius 3 is 2.70 bits per heavy atom. The van der Waals surface area contributed by atoms with E-state index < -0.39 is 67.1 Å². The fourth-order valence-electron chi connectivity index (χ4n) is 8.91. The molecule has 4 heterocycles. The highest BCUT2D eigenvalue weighted by Crippen LogP contribution is 2.40. The Bertz CT molecular complexity index is 2710. The first-order chi connectivity index (χ1) is 33.3. The Kier molecular flexibility index (Phi) is 17.3. The van der Waals surface area contributed by atoms with E-state index in [1.54, 1.807) is 32.4 Å². The van der Waals surface area contributed by atoms with Gasteiger partial charge in [0.15, 0.2) is 29.3 Å². The first-order valence-corrected chi connectivity index (χ1v) is 23.5. The minimum absolute atomic E-state index is 0.0682. The molecule has 2 fully saturated rings. The van der Waals surface area contributed by atoms with Crippen molar-refractivity contribution in [3.05, 3.63) is 81.7 Å². The summed E-state index contributed by atoms with van der Waals surface area (Å²) in [5, 5.41) is 22.6. The summed E-state index contributed by atoms with van der Waals surface area (Å²) in [6.45, 7) is 7.85. The molecule has 0 saturated carbocycles. The standard InChI is InChI=1S/C49H55N7O12S/c1-26(2)53-36-25-65-42(24-40(36)62-5)67-41-22-33(47(60)46-45-30(15-17-51-46)34-21-29(13-14-35(34)54-45)64-19-18-52-56-50)27(3)66-48(41)68-39-12-10-8-7-9-11-32-43(39)31(16-20-69-28(4)57)37(58)23-38(59)44(32)55-49(61)63-6/h7-8,13-17,21,26-27,33,36-37,39-43,48,53-54,58H,18-20,22-25H2,1-6H3,(H,55,61)/b8-7-,31-16-/t27?,33?,36?,37-,39-,40?,41?,42?,43?,48?/m0/s1. The Labute approximate surface area is 403 Å². The van der Waals surface area contributed by atoms with Crippen LogP contribution in [-0.2, 0) is 38.0 Å². The smallest absolute Gasteiger partial charge is 0.411 e. The second-order valence-electron chi connectivity index (χ2n) is 17.0. The van der Waals surface area contributed by atoms with Gasteiger partial charge in [0, 0.05) is 71.6 Å². The monoisotopic (exact) mass is 965 g/mol. The topological polar surface area (TPSA) is 255 Å². The van der Waals surface area contributed by atoms with E-state index in [0.29, 0.717) is 17.7 Å². The molecule has 10 atom stereocenters. The fourth-order valence-corrected chi connectivity index (χ4v) is 9.42. The molecule has 0 radical (unpaired) electrons. The number of ether oxygens (including phenoxy) is 7. The van der Waals surface area contributed by atoms with E-state index in [2.05, 4.69) is 54.3 Å². The maximum atomic E-state index is 14.9. The molecule has 364 valence electrons. The second kappa shape index (κ2) is 23.5. The van der Waals surface area contributed by atoms with Crippen LogP contribution >= 0.6 is 11.8 Å². The number of nitrogens with zero attached hydrogens (tertiary/aromatic N) is 4. The van der Waals surface area contributed by atoms with Gasteiger partial charge in [-0.3, -0.25) is 24.7 Å². The zero-order valence-electron chi connectivity index (χ0n) is 39.1. The molecule has 2 aromatic heterocycles. The number of allylic oxidation sites excluding steroid dienone is 3. The van der Waals surface area contributed by atoms with Gasteiger partial charge >= 0.3 is 6.09 Å². The third kappa shape index (κ3) is 12.2. The van der Waals surface area contributed by atoms with Crippen molar-refractivity contribution in [2.45, 2.75) is 102 Å². The molecule has 8 unspecified atom stereocenters. The quantitative estimate of drug-likeness (QED) is 0.0260. The van der Waals surface area contributed by atoms with Crippen molar-refractivity contribution in [2.24, 2.45) is 17.0 Å². The lowest BCUT2D eigenvalue weighted by Crippen LogP contribution is -2.55. The molecule has 0 bridgehead atoms. The number of Topliss-reactive ketones (excluding diaryl/α,β-unsaturated/α-hetero) is 2. The van der Waals surface area contributed by atoms with Crippen LogP contribution in [0.2, 0.25) is 0 Å². The molecule has 0 spiro atoms. The van der Waals surface area contributed by atoms with Crippen molar-refractivity contribution in [1.29, 1.82) is 0 Å². The van der Waals surface area contributed by atoms with Crippen molar-refractivity contribution < 1.29 is 57.4 Å². The van der Waals surface area contributed by atoms with E-state index in [1.807, 2.05) is 32.0 Å². The van der Waals surface area contributed by atoms with Gasteiger partial charge in [0.1, 0.15) is 23.7 Å². The number of amides is 1. The summed E-state index contributed by atoms with van der Waals surface area (Å²) in [5.74, 6) is 9.81. The van der Waals surface area contributed by atoms with Gasteiger partial charge in [0.05, 0.1) is 74.3 Å². The normalized spacial score (nSPS) is 27.9. The molecule has 2 saturated heterocycles. The van der Waals surface area contributed by atoms with E-state index in [4.69, 9.17) is 38.7 Å². The first-order valence-electron chi connectivity index (χ1n) is 22.6. The predicted molar refractivity (Wildman–Crippen MR) is 254 cm³/mol. The summed E-state index contributed by atoms with van der Waals surface area (Å²) in [5.41, 5.74) is 10.3. The van der Waals surface area contributed by atoms with Crippen LogP contribution in [-0.4, -0.2) is 133 Å². The van der Waals surface area contributed by atoms with E-state index in [9.17, 15) is 24.3 Å². The van der Waals surface area contributed by atoms with E-state index in [0.717, 1.165) is 35.2 Å². The molecule has 4 N–H and O–H groups in total. The van der Waals surface area contributed by atoms with Crippen LogP contribution in [0.3, 0.4) is 0 Å². The number of aromatic nitrogens is 2. The van der Waals surface area contributed by atoms with E-state index >= 15 is 0 Å². The summed E-state index contributed by atoms with van der Waals surface area (Å²) in [6.07, 6.45) is -1.56. The van der Waals surface area contributed by atoms with Gasteiger partial charge in [-0.25, -0.2) is 4.79 Å². The summed E-state index contributed by atoms with van der Waals surface area (Å²) < 4.78 is 43.3. The number of azide groups is 1. The number of pyridine rings is 1. The van der Waals surface area contributed by atoms with Crippen molar-refractivity contribution in [1.82, 2.24) is 20.6 Å². The fraction of sp³-hybridized carbons (Fsp3) is 0.490. The van der Waals surface area contributed by atoms with Crippen molar-refractivity contribution in [3.63, 3.8) is 0 Å². The third-order valence-electron chi connectivity index (χ3n) is 12.1. The Balaban J connectivity index is 1.26. The van der Waals surface area contributed by atoms with Crippen molar-refractivity contribution in [3.8, 4) is 29.4 Å². The molecule has 19 nitrogen and oxygen atoms in total. The zero-order chi connectivity index (χ0) is 49.2. The third-order valence-corrected chi connectivity index (χ3v) is 12.8. The number of aromatic amines is 1. The van der Waals surface area contributed by atoms with Crippen LogP contribution in [0.4, 0.5) is 4.79 Å². The molecule has 1 aromatic carbocycles. The van der Waals surface area contributed by atoms with Crippen LogP contribution in [0, 0.1) is 35.5 Å². The second-order valence-corrected chi connectivity index (χ2v) is 18.2. The molecule has 2 aliphatic carbocycles. The number of hydrogen-bond donors (Lipinski definition) is 4. The van der Waals surface area contributed by atoms with Gasteiger partial charge in [-0.1, -0.05) is 60.5 Å². The molecular formula is C49H55N7O12S. The molecule has 3 aromatic rings. The van der Waals surface area contributed by atoms with E-state index in [1.165, 1.54) is 19.1 Å². The van der Waals surface area contributed by atoms with Gasteiger partial charge in [-0.15, -0.1) is 0 Å². The number of H-pyrrole nitrogens is 1. The Hall–Kier alpha value is -6.03. The van der Waals surface area contributed by atoms with Gasteiger partial charge in [-0.2, -0.15) is 0 Å². The highest BCUT2D eigenvalue weighted by atomic mass is 32.2. The highest BCUT2D eigenvalue weighted by molar-refractivity contribution is 8.13. The number of aliphatic hydroxyl groups is 1. The minimum atomic E-state index is -1.40. The number of methoxy groups -OCH3 is 2. The lowest BCUT2D eigenvalue weighted by Gasteiger charge is -2.43. The average molecular weight is 966 g/mol. The van der Waals surface area contributed by atoms with Crippen LogP contribution < -0.4 is 15.4 Å². The lowest BCUT2D eigenvalue weighted by molar-refractivity contribution is -0.308. The number of hydrogen-bond acceptors (Lipinski definition) is 16. The van der Waals surface area contributed by atoms with Crippen molar-refractivity contribution >= 4 is 56.3 Å². The predicted octanol–water partition coefficient (Wildman–Crippen LogP) is 5.58. The SMILES string of the molecule is COC(=O)NC1=C2C#C/C=C\C#C[C@H](OC3OC(C)C(C(=O)c4nccc5c4[nH]c4ccc(OCCN=[N+]=[N-])cc45)CC3OC3CC(OC)C(NC(C)C)CO3)C2/C(=C\CSC(C)=O)[C@@H](O)CC1=O. The highest BCUT2D eigenvalue weighted by Gasteiger charge is 2.47. The largest absolute Gasteiger partial charge is 0.493 e. The number of rotatable bonds is 16. The summed E-state index contributed by atoms with van der Waals surface area (Å²) >= 11 is 0.998. The maximum Gasteiger partial charge on any atom is 0.411 e. The maximum absolute atomic E-state index is 14.9. The molecule has 20 heteroatoms. The molecular weight excluding hydrogens is 911 g/mol. The van der Waals surface area contributed by atoms with Crippen LogP contribution in [0.25, 0.3) is 32.2 Å². The number of thioether (sulfide) groups is 1. The number of carbonyl (C=O) groups is 4. The number of carbonyl (C=O) groups excluding carboxylic acids is 4. The Morgan fingerprint density at radius 2 is 1.94 bits per heavy atom. The first kappa shape index (κ1) is 50.8. The molecule has 1 amide bonds. The molecule has 7 rings (SSSR count). The number of benzene rings is 1. The van der Waals surface area contributed by atoms with Crippen LogP contribution in [0.5, 0.6) is 5.75 Å². The number of alkyl carbamates (subject to hydrolysis) is 1. The number of nitrogens with one attached hydrogen (secondary N) is 3. The summed E-state index contributed by atoms with van der Waals surface area (Å²) in [4.78, 5) is 64.3. The summed E-state index contributed by atoms with van der Waals surface area (Å²) in [6, 6.07) is 7.30. The van der Waals surface area contributed by atoms with Crippen LogP contribution in [0.15, 0.2) is 70.6 Å².